The van der Waals surface area contributed by atoms with E-state index in [-0.39, 0.29) is 36.4 Å². The van der Waals surface area contributed by atoms with Crippen molar-refractivity contribution in [3.8, 4) is 0 Å². The van der Waals surface area contributed by atoms with Crippen molar-refractivity contribution < 1.29 is 34.0 Å². The second-order valence-corrected chi connectivity index (χ2v) is 18.3. The highest BCUT2D eigenvalue weighted by Crippen LogP contribution is 2.53. The Bertz CT molecular complexity index is 1280. The monoisotopic (exact) mass is 819 g/mol. The van der Waals surface area contributed by atoms with Gasteiger partial charge in [-0.15, -0.1) is 0 Å². The smallest absolute Gasteiger partial charge is 0.317 e. The van der Waals surface area contributed by atoms with Gasteiger partial charge in [0, 0.05) is 32.0 Å². The lowest BCUT2D eigenvalue weighted by Crippen LogP contribution is -2.85. The number of ether oxygens (including phenoxy) is 3. The van der Waals surface area contributed by atoms with Crippen molar-refractivity contribution in [3.63, 3.8) is 0 Å². The Balaban J connectivity index is 0.953. The number of nitrogens with two attached hydrogens (primary N) is 2. The van der Waals surface area contributed by atoms with E-state index < -0.39 is 29.2 Å². The average Bonchev–Trinajstić information content (AvgIpc) is 3.40. The van der Waals surface area contributed by atoms with Gasteiger partial charge in [0.1, 0.15) is 29.4 Å². The van der Waals surface area contributed by atoms with Crippen molar-refractivity contribution >= 4 is 11.9 Å². The summed E-state index contributed by atoms with van der Waals surface area (Å²) in [4.78, 5) is 30.7. The highest BCUT2D eigenvalue weighted by molar-refractivity contribution is 5.76. The molecule has 8 N–H and O–H groups in total. The van der Waals surface area contributed by atoms with Gasteiger partial charge in [0.25, 0.3) is 0 Å². The maximum atomic E-state index is 14.1. The van der Waals surface area contributed by atoms with E-state index in [0.29, 0.717) is 58.5 Å². The molecule has 58 heavy (non-hydrogen) atoms. The molecule has 0 aromatic carbocycles. The van der Waals surface area contributed by atoms with E-state index in [1.54, 1.807) is 4.90 Å². The summed E-state index contributed by atoms with van der Waals surface area (Å²) < 4.78 is 19.5. The van der Waals surface area contributed by atoms with E-state index in [9.17, 15) is 19.8 Å². The van der Waals surface area contributed by atoms with E-state index >= 15 is 0 Å². The number of carbonyl (C=O) groups is 2. The molecule has 9 atom stereocenters. The molecule has 0 aromatic rings. The van der Waals surface area contributed by atoms with E-state index in [1.807, 2.05) is 0 Å². The van der Waals surface area contributed by atoms with Crippen LogP contribution in [-0.4, -0.2) is 112 Å². The summed E-state index contributed by atoms with van der Waals surface area (Å²) in [5, 5.41) is 30.3. The van der Waals surface area contributed by atoms with Gasteiger partial charge in [0.15, 0.2) is 0 Å². The number of hydrogen-bond acceptors (Lipinski definition) is 12. The minimum absolute atomic E-state index is 0.0314. The molecule has 13 nitrogen and oxygen atoms in total. The summed E-state index contributed by atoms with van der Waals surface area (Å²) in [6, 6.07) is 0.0832. The van der Waals surface area contributed by atoms with E-state index in [0.717, 1.165) is 89.9 Å². The van der Waals surface area contributed by atoms with Crippen LogP contribution in [0.2, 0.25) is 0 Å². The normalized spacial score (nSPS) is 32.6. The lowest BCUT2D eigenvalue weighted by atomic mass is 9.77. The molecule has 0 bridgehead atoms. The lowest BCUT2D eigenvalue weighted by molar-refractivity contribution is -0.316. The van der Waals surface area contributed by atoms with Gasteiger partial charge < -0.3 is 40.8 Å². The number of unbranched alkanes of at least 4 members (excludes halogenated alkanes) is 12. The number of nitrogens with zero attached hydrogens (tertiary/aromatic N) is 2. The highest BCUT2D eigenvalue weighted by Gasteiger charge is 2.70. The molecule has 5 aliphatic heterocycles. The fraction of sp³-hybridized carbons (Fsp3) is 0.911. The predicted molar refractivity (Wildman–Crippen MR) is 227 cm³/mol. The number of aliphatic hydroxyl groups is 2. The summed E-state index contributed by atoms with van der Waals surface area (Å²) in [5.41, 5.74) is 8.33. The van der Waals surface area contributed by atoms with Gasteiger partial charge in [0.05, 0.1) is 24.9 Å². The van der Waals surface area contributed by atoms with E-state index in [4.69, 9.17) is 25.7 Å². The third-order valence-corrected chi connectivity index (χ3v) is 13.6. The van der Waals surface area contributed by atoms with Crippen LogP contribution in [0.25, 0.3) is 0 Å². The standard InChI is InChI=1S/C45H82N6O7/c1-3-38-22-16-17-26-43(58-38)33-36-24-28-45(55)40(44(27-19-21-35(2)57-44)49-42(48-43)51(36)45)41(54)56-32-18-14-12-10-8-6-4-5-7-9-11-13-15-23-39(53)50(31-20-29-46)34-37(52)25-30-47/h16,22,35-38,40,42,48-49,52,55H,3-15,17-21,23-34,46-47H2,1-2H3/t35-,36+,37?,38+,40+,42?,43+,44+,45+/m1/s1. The molecule has 0 aromatic heterocycles. The molecule has 2 unspecified atom stereocenters. The van der Waals surface area contributed by atoms with Gasteiger partial charge in [-0.1, -0.05) is 89.7 Å². The molecule has 0 radical (unpaired) electrons. The Morgan fingerprint density at radius 3 is 2.26 bits per heavy atom. The largest absolute Gasteiger partial charge is 0.465 e. The number of esters is 1. The number of allylic oxidation sites excluding steroid dienone is 1. The Morgan fingerprint density at radius 2 is 1.60 bits per heavy atom. The molecule has 5 aliphatic rings. The number of rotatable bonds is 25. The van der Waals surface area contributed by atoms with Crippen LogP contribution in [0, 0.1) is 5.92 Å². The lowest BCUT2D eigenvalue weighted by Gasteiger charge is -2.63. The van der Waals surface area contributed by atoms with Crippen molar-refractivity contribution in [3.05, 3.63) is 12.2 Å². The summed E-state index contributed by atoms with van der Waals surface area (Å²) in [6.45, 7) is 6.48. The first kappa shape index (κ1) is 47.4. The minimum atomic E-state index is -1.36. The summed E-state index contributed by atoms with van der Waals surface area (Å²) in [7, 11) is 0. The maximum Gasteiger partial charge on any atom is 0.317 e. The fourth-order valence-corrected chi connectivity index (χ4v) is 10.6. The highest BCUT2D eigenvalue weighted by atomic mass is 16.6. The second-order valence-electron chi connectivity index (χ2n) is 18.3. The summed E-state index contributed by atoms with van der Waals surface area (Å²) in [5.74, 6) is -1.07. The number of hydrogen-bond donors (Lipinski definition) is 6. The molecule has 0 saturated carbocycles. The van der Waals surface area contributed by atoms with Gasteiger partial charge in [-0.3, -0.25) is 20.2 Å². The van der Waals surface area contributed by atoms with Crippen LogP contribution in [0.4, 0.5) is 0 Å². The number of aliphatic hydroxyl groups excluding tert-OH is 1. The molecule has 5 heterocycles. The molecule has 5 rings (SSSR count). The zero-order valence-electron chi connectivity index (χ0n) is 36.3. The first-order valence-electron chi connectivity index (χ1n) is 23.7. The van der Waals surface area contributed by atoms with Crippen LogP contribution < -0.4 is 22.1 Å². The Labute approximate surface area is 350 Å². The van der Waals surface area contributed by atoms with Crippen molar-refractivity contribution in [2.75, 3.05) is 32.8 Å². The summed E-state index contributed by atoms with van der Waals surface area (Å²) >= 11 is 0. The topological polar surface area (TPSA) is 185 Å². The van der Waals surface area contributed by atoms with E-state index in [1.165, 1.54) is 44.9 Å². The first-order valence-corrected chi connectivity index (χ1v) is 23.7. The zero-order chi connectivity index (χ0) is 41.4. The third kappa shape index (κ3) is 12.7. The fourth-order valence-electron chi connectivity index (χ4n) is 10.6. The average molecular weight is 819 g/mol. The van der Waals surface area contributed by atoms with Crippen LogP contribution in [0.3, 0.4) is 0 Å². The zero-order valence-corrected chi connectivity index (χ0v) is 36.3. The predicted octanol–water partition coefficient (Wildman–Crippen LogP) is 5.65. The van der Waals surface area contributed by atoms with Crippen molar-refractivity contribution in [1.29, 1.82) is 0 Å². The summed E-state index contributed by atoms with van der Waals surface area (Å²) in [6.07, 6.45) is 27.3. The molecule has 0 aliphatic carbocycles. The molecule has 13 heteroatoms. The SMILES string of the molecule is CC[C@H]1C=CCC[C@@]2(C[C@@H]3CC[C@]4(O)[C@@H](C(=O)OCCCCCCCCCCCCCCCC(=O)N(CCCN)CC(O)CCN)[C@@]5(CCC[C@@H](C)O5)NC(N2)N34)O1. The van der Waals surface area contributed by atoms with Crippen LogP contribution in [0.1, 0.15) is 174 Å². The van der Waals surface area contributed by atoms with Gasteiger partial charge in [-0.2, -0.15) is 0 Å². The Morgan fingerprint density at radius 1 is 0.914 bits per heavy atom. The van der Waals surface area contributed by atoms with Gasteiger partial charge >= 0.3 is 5.97 Å². The van der Waals surface area contributed by atoms with Crippen molar-refractivity contribution in [2.24, 2.45) is 17.4 Å². The van der Waals surface area contributed by atoms with Crippen LogP contribution >= 0.6 is 0 Å². The second kappa shape index (κ2) is 23.5. The number of nitrogens with one attached hydrogen (secondary N) is 2. The van der Waals surface area contributed by atoms with Crippen LogP contribution in [0.15, 0.2) is 12.2 Å². The maximum absolute atomic E-state index is 14.1. The first-order chi connectivity index (χ1) is 28.1. The van der Waals surface area contributed by atoms with Crippen molar-refractivity contribution in [1.82, 2.24) is 20.4 Å². The van der Waals surface area contributed by atoms with Gasteiger partial charge in [0.2, 0.25) is 5.91 Å². The molecule has 2 spiro atoms. The van der Waals surface area contributed by atoms with E-state index in [2.05, 4.69) is 41.5 Å². The third-order valence-electron chi connectivity index (χ3n) is 13.6. The van der Waals surface area contributed by atoms with Gasteiger partial charge in [-0.05, 0) is 97.1 Å². The molecular weight excluding hydrogens is 737 g/mol. The number of amides is 1. The quantitative estimate of drug-likeness (QED) is 0.0379. The Kier molecular flexibility index (Phi) is 19.2. The van der Waals surface area contributed by atoms with Crippen LogP contribution in [0.5, 0.6) is 0 Å². The molecule has 4 saturated heterocycles. The minimum Gasteiger partial charge on any atom is -0.465 e. The Hall–Kier alpha value is -1.68. The van der Waals surface area contributed by atoms with Gasteiger partial charge in [-0.25, -0.2) is 4.90 Å². The molecule has 334 valence electrons. The molecule has 1 amide bonds. The van der Waals surface area contributed by atoms with Crippen LogP contribution in [-0.2, 0) is 23.8 Å². The molecule has 4 fully saturated rings. The molecular formula is C45H82N6O7. The number of carbonyl (C=O) groups excluding carboxylic acids is 2. The van der Waals surface area contributed by atoms with Crippen molar-refractivity contribution in [2.45, 2.75) is 222 Å².